The van der Waals surface area contributed by atoms with Crippen molar-refractivity contribution in [2.75, 3.05) is 26.0 Å². The molecule has 0 aromatic heterocycles. The first kappa shape index (κ1) is 14.9. The zero-order chi connectivity index (χ0) is 12.9. The van der Waals surface area contributed by atoms with Crippen LogP contribution in [-0.2, 0) is 14.8 Å². The van der Waals surface area contributed by atoms with Crippen molar-refractivity contribution in [3.05, 3.63) is 0 Å². The summed E-state index contributed by atoms with van der Waals surface area (Å²) in [6, 6.07) is 0.149. The third-order valence-electron chi connectivity index (χ3n) is 3.67. The molecule has 0 N–H and O–H groups in total. The Hall–Kier alpha value is -0.130. The van der Waals surface area contributed by atoms with Crippen molar-refractivity contribution in [2.45, 2.75) is 45.6 Å². The quantitative estimate of drug-likeness (QED) is 0.687. The van der Waals surface area contributed by atoms with Crippen LogP contribution in [0.2, 0.25) is 0 Å². The summed E-state index contributed by atoms with van der Waals surface area (Å²) in [5.41, 5.74) is 0. The number of hydrogen-bond acceptors (Lipinski definition) is 3. The van der Waals surface area contributed by atoms with Gasteiger partial charge in [0, 0.05) is 26.3 Å². The van der Waals surface area contributed by atoms with E-state index in [1.54, 1.807) is 11.4 Å². The molecule has 4 nitrogen and oxygen atoms in total. The minimum atomic E-state index is -3.07. The van der Waals surface area contributed by atoms with Crippen LogP contribution in [0.3, 0.4) is 0 Å². The third-order valence-corrected chi connectivity index (χ3v) is 5.71. The van der Waals surface area contributed by atoms with E-state index >= 15 is 0 Å². The summed E-state index contributed by atoms with van der Waals surface area (Å²) in [4.78, 5) is 0. The lowest BCUT2D eigenvalue weighted by Crippen LogP contribution is -2.46. The van der Waals surface area contributed by atoms with E-state index in [-0.39, 0.29) is 11.8 Å². The first-order valence-electron chi connectivity index (χ1n) is 6.47. The van der Waals surface area contributed by atoms with Crippen molar-refractivity contribution in [1.82, 2.24) is 4.31 Å². The lowest BCUT2D eigenvalue weighted by atomic mass is 9.94. The molecule has 5 heteroatoms. The van der Waals surface area contributed by atoms with Gasteiger partial charge in [0.2, 0.25) is 10.0 Å². The van der Waals surface area contributed by atoms with Gasteiger partial charge in [0.05, 0.1) is 5.75 Å². The second kappa shape index (κ2) is 6.71. The fourth-order valence-electron chi connectivity index (χ4n) is 2.34. The molecule has 0 spiro atoms. The van der Waals surface area contributed by atoms with Gasteiger partial charge in [-0.05, 0) is 38.5 Å². The van der Waals surface area contributed by atoms with E-state index in [1.807, 2.05) is 6.92 Å². The topological polar surface area (TPSA) is 46.6 Å². The molecule has 0 aliphatic carbocycles. The molecule has 0 bridgehead atoms. The molecule has 1 fully saturated rings. The van der Waals surface area contributed by atoms with Gasteiger partial charge in [0.15, 0.2) is 0 Å². The first-order valence-corrected chi connectivity index (χ1v) is 8.08. The second-order valence-electron chi connectivity index (χ2n) is 4.99. The van der Waals surface area contributed by atoms with Gasteiger partial charge in [-0.2, -0.15) is 4.31 Å². The van der Waals surface area contributed by atoms with Gasteiger partial charge in [-0.3, -0.25) is 0 Å². The van der Waals surface area contributed by atoms with E-state index in [1.165, 1.54) is 0 Å². The highest BCUT2D eigenvalue weighted by atomic mass is 32.2. The summed E-state index contributed by atoms with van der Waals surface area (Å²) in [5, 5.41) is 0. The molecule has 1 heterocycles. The van der Waals surface area contributed by atoms with Crippen molar-refractivity contribution in [3.8, 4) is 0 Å². The smallest absolute Gasteiger partial charge is 0.214 e. The molecule has 1 saturated heterocycles. The Morgan fingerprint density at radius 3 is 2.65 bits per heavy atom. The molecule has 0 aromatic carbocycles. The number of ether oxygens (including phenoxy) is 1. The highest BCUT2D eigenvalue weighted by Crippen LogP contribution is 2.25. The number of nitrogens with zero attached hydrogens (tertiary/aromatic N) is 1. The van der Waals surface area contributed by atoms with Crippen molar-refractivity contribution in [2.24, 2.45) is 5.92 Å². The molecular formula is C12H25NO3S. The molecule has 17 heavy (non-hydrogen) atoms. The average molecular weight is 263 g/mol. The second-order valence-corrected chi connectivity index (χ2v) is 7.03. The molecule has 0 aromatic rings. The zero-order valence-electron chi connectivity index (χ0n) is 11.2. The van der Waals surface area contributed by atoms with Crippen LogP contribution >= 0.6 is 0 Å². The van der Waals surface area contributed by atoms with Crippen LogP contribution in [-0.4, -0.2) is 44.8 Å². The molecule has 0 amide bonds. The molecule has 1 aliphatic rings. The van der Waals surface area contributed by atoms with E-state index in [4.69, 9.17) is 4.74 Å². The third kappa shape index (κ3) is 4.23. The van der Waals surface area contributed by atoms with Crippen molar-refractivity contribution in [1.29, 1.82) is 0 Å². The zero-order valence-corrected chi connectivity index (χ0v) is 12.0. The normalized spacial score (nSPS) is 27.2. The van der Waals surface area contributed by atoms with Crippen LogP contribution in [0.1, 0.15) is 39.5 Å². The van der Waals surface area contributed by atoms with Gasteiger partial charge in [0.25, 0.3) is 0 Å². The average Bonchev–Trinajstić information content (AvgIpc) is 2.28. The van der Waals surface area contributed by atoms with Crippen molar-refractivity contribution >= 4 is 10.0 Å². The fraction of sp³-hybridized carbons (Fsp3) is 1.00. The van der Waals surface area contributed by atoms with Crippen molar-refractivity contribution < 1.29 is 13.2 Å². The maximum atomic E-state index is 12.2. The monoisotopic (exact) mass is 263 g/mol. The molecule has 0 radical (unpaired) electrons. The van der Waals surface area contributed by atoms with E-state index in [2.05, 4.69) is 6.92 Å². The molecule has 1 rings (SSSR count). The Morgan fingerprint density at radius 1 is 1.29 bits per heavy atom. The number of rotatable bonds is 6. The lowest BCUT2D eigenvalue weighted by Gasteiger charge is -2.36. The summed E-state index contributed by atoms with van der Waals surface area (Å²) in [6.07, 6.45) is 3.63. The highest BCUT2D eigenvalue weighted by Gasteiger charge is 2.32. The molecule has 1 aliphatic heterocycles. The number of methoxy groups -OCH3 is 1. The van der Waals surface area contributed by atoms with Gasteiger partial charge in [-0.25, -0.2) is 8.42 Å². The molecule has 2 atom stereocenters. The lowest BCUT2D eigenvalue weighted by molar-refractivity contribution is 0.192. The number of hydrogen-bond donors (Lipinski definition) is 0. The highest BCUT2D eigenvalue weighted by molar-refractivity contribution is 7.89. The van der Waals surface area contributed by atoms with Crippen LogP contribution < -0.4 is 0 Å². The minimum absolute atomic E-state index is 0.149. The number of unbranched alkanes of at least 4 members (excludes halogenated alkanes) is 1. The summed E-state index contributed by atoms with van der Waals surface area (Å²) in [6.45, 7) is 5.49. The van der Waals surface area contributed by atoms with Crippen LogP contribution in [0.4, 0.5) is 0 Å². The Bertz CT molecular complexity index is 316. The Balaban J connectivity index is 2.51. The van der Waals surface area contributed by atoms with Crippen molar-refractivity contribution in [3.63, 3.8) is 0 Å². The van der Waals surface area contributed by atoms with E-state index in [9.17, 15) is 8.42 Å². The van der Waals surface area contributed by atoms with Gasteiger partial charge in [0.1, 0.15) is 0 Å². The summed E-state index contributed by atoms with van der Waals surface area (Å²) >= 11 is 0. The summed E-state index contributed by atoms with van der Waals surface area (Å²) in [7, 11) is -1.43. The van der Waals surface area contributed by atoms with Gasteiger partial charge in [-0.1, -0.05) is 6.92 Å². The van der Waals surface area contributed by atoms with Gasteiger partial charge >= 0.3 is 0 Å². The molecule has 102 valence electrons. The van der Waals surface area contributed by atoms with Crippen LogP contribution in [0.5, 0.6) is 0 Å². The predicted molar refractivity (Wildman–Crippen MR) is 69.5 cm³/mol. The summed E-state index contributed by atoms with van der Waals surface area (Å²) in [5.74, 6) is 0.727. The SMILES string of the molecule is COCCCCS(=O)(=O)N1CCC[C@@H](C)[C@H]1C. The van der Waals surface area contributed by atoms with E-state index in [0.29, 0.717) is 25.5 Å². The van der Waals surface area contributed by atoms with Gasteiger partial charge < -0.3 is 4.74 Å². The molecule has 0 saturated carbocycles. The number of sulfonamides is 1. The predicted octanol–water partition coefficient (Wildman–Crippen LogP) is 1.86. The van der Waals surface area contributed by atoms with E-state index in [0.717, 1.165) is 19.3 Å². The van der Waals surface area contributed by atoms with Crippen LogP contribution in [0.25, 0.3) is 0 Å². The molecule has 0 unspecified atom stereocenters. The maximum absolute atomic E-state index is 12.2. The number of piperidine rings is 1. The largest absolute Gasteiger partial charge is 0.385 e. The minimum Gasteiger partial charge on any atom is -0.385 e. The maximum Gasteiger partial charge on any atom is 0.214 e. The molecular weight excluding hydrogens is 238 g/mol. The van der Waals surface area contributed by atoms with Gasteiger partial charge in [-0.15, -0.1) is 0 Å². The van der Waals surface area contributed by atoms with Crippen LogP contribution in [0, 0.1) is 5.92 Å². The Labute approximate surface area is 105 Å². The fourth-order valence-corrected chi connectivity index (χ4v) is 4.26. The standard InChI is InChI=1S/C12H25NO3S/c1-11-7-6-8-13(12(11)2)17(14,15)10-5-4-9-16-3/h11-12H,4-10H2,1-3H3/t11-,12-/m1/s1. The van der Waals surface area contributed by atoms with E-state index < -0.39 is 10.0 Å². The Morgan fingerprint density at radius 2 is 2.00 bits per heavy atom. The van der Waals surface area contributed by atoms with Crippen LogP contribution in [0.15, 0.2) is 0 Å². The summed E-state index contributed by atoms with van der Waals surface area (Å²) < 4.78 is 31.0. The Kier molecular flexibility index (Phi) is 5.89. The first-order chi connectivity index (χ1) is 7.99.